The van der Waals surface area contributed by atoms with E-state index in [9.17, 15) is 9.59 Å². The summed E-state index contributed by atoms with van der Waals surface area (Å²) in [7, 11) is 0. The fraction of sp³-hybridized carbons (Fsp3) is 0.0909. The van der Waals surface area contributed by atoms with Crippen LogP contribution in [0, 0.1) is 0 Å². The molecule has 0 saturated heterocycles. The van der Waals surface area contributed by atoms with Crippen LogP contribution in [0.4, 0.5) is 0 Å². The van der Waals surface area contributed by atoms with E-state index in [1.807, 2.05) is 18.2 Å². The van der Waals surface area contributed by atoms with Gasteiger partial charge in [-0.2, -0.15) is 0 Å². The SMILES string of the molecule is O=COC(C=O)c1cc2ccccc2o1. The molecule has 4 nitrogen and oxygen atoms in total. The molecule has 76 valence electrons. The van der Waals surface area contributed by atoms with Crippen LogP contribution in [-0.4, -0.2) is 12.8 Å². The molecule has 0 N–H and O–H groups in total. The Morgan fingerprint density at radius 1 is 1.27 bits per heavy atom. The van der Waals surface area contributed by atoms with Crippen LogP contribution in [0.1, 0.15) is 11.9 Å². The van der Waals surface area contributed by atoms with Crippen LogP contribution >= 0.6 is 0 Å². The van der Waals surface area contributed by atoms with E-state index in [0.29, 0.717) is 17.6 Å². The first-order chi connectivity index (χ1) is 7.35. The molecule has 0 saturated carbocycles. The van der Waals surface area contributed by atoms with E-state index in [1.54, 1.807) is 12.1 Å². The first-order valence-electron chi connectivity index (χ1n) is 4.38. The highest BCUT2D eigenvalue weighted by Gasteiger charge is 2.15. The Hall–Kier alpha value is -2.10. The molecule has 1 heterocycles. The summed E-state index contributed by atoms with van der Waals surface area (Å²) in [4.78, 5) is 20.8. The Morgan fingerprint density at radius 3 is 2.73 bits per heavy atom. The molecule has 4 heteroatoms. The number of aldehydes is 1. The summed E-state index contributed by atoms with van der Waals surface area (Å²) in [5.41, 5.74) is 0.661. The Balaban J connectivity index is 2.42. The van der Waals surface area contributed by atoms with E-state index in [2.05, 4.69) is 4.74 Å². The molecule has 0 aliphatic heterocycles. The van der Waals surface area contributed by atoms with Crippen LogP contribution in [-0.2, 0) is 14.3 Å². The molecule has 1 aromatic heterocycles. The predicted molar refractivity (Wildman–Crippen MR) is 52.2 cm³/mol. The summed E-state index contributed by atoms with van der Waals surface area (Å²) < 4.78 is 9.92. The third-order valence-electron chi connectivity index (χ3n) is 2.05. The highest BCUT2D eigenvalue weighted by Crippen LogP contribution is 2.24. The highest BCUT2D eigenvalue weighted by molar-refractivity contribution is 5.79. The zero-order chi connectivity index (χ0) is 10.7. The minimum Gasteiger partial charge on any atom is -0.457 e. The number of furan rings is 1. The molecule has 2 rings (SSSR count). The number of carbonyl (C=O) groups is 2. The third-order valence-corrected chi connectivity index (χ3v) is 2.05. The standard InChI is InChI=1S/C11H8O4/c12-6-11(14-7-13)10-5-8-3-1-2-4-9(8)15-10/h1-7,11H. The van der Waals surface area contributed by atoms with Crippen LogP contribution in [0.15, 0.2) is 34.7 Å². The van der Waals surface area contributed by atoms with Crippen molar-refractivity contribution in [2.45, 2.75) is 6.10 Å². The average molecular weight is 204 g/mol. The maximum atomic E-state index is 10.6. The van der Waals surface area contributed by atoms with Gasteiger partial charge in [0.25, 0.3) is 6.47 Å². The molecule has 0 fully saturated rings. The van der Waals surface area contributed by atoms with Crippen molar-refractivity contribution in [2.24, 2.45) is 0 Å². The van der Waals surface area contributed by atoms with E-state index in [4.69, 9.17) is 4.42 Å². The molecule has 1 atom stereocenters. The quantitative estimate of drug-likeness (QED) is 0.713. The number of benzene rings is 1. The van der Waals surface area contributed by atoms with Gasteiger partial charge in [-0.05, 0) is 12.1 Å². The average Bonchev–Trinajstić information content (AvgIpc) is 2.69. The summed E-state index contributed by atoms with van der Waals surface area (Å²) >= 11 is 0. The van der Waals surface area contributed by atoms with E-state index in [0.717, 1.165) is 5.39 Å². The number of ether oxygens (including phenoxy) is 1. The molecule has 2 aromatic rings. The van der Waals surface area contributed by atoms with E-state index in [1.165, 1.54) is 0 Å². The van der Waals surface area contributed by atoms with E-state index in [-0.39, 0.29) is 6.47 Å². The van der Waals surface area contributed by atoms with Gasteiger partial charge in [0.1, 0.15) is 5.58 Å². The number of carbonyl (C=O) groups excluding carboxylic acids is 2. The number of hydrogen-bond donors (Lipinski definition) is 0. The maximum Gasteiger partial charge on any atom is 0.294 e. The van der Waals surface area contributed by atoms with Crippen molar-refractivity contribution in [3.05, 3.63) is 36.1 Å². The first-order valence-corrected chi connectivity index (χ1v) is 4.38. The summed E-state index contributed by atoms with van der Waals surface area (Å²) in [6.45, 7) is 0.228. The number of fused-ring (bicyclic) bond motifs is 1. The lowest BCUT2D eigenvalue weighted by molar-refractivity contribution is -0.139. The second-order valence-corrected chi connectivity index (χ2v) is 2.98. The van der Waals surface area contributed by atoms with Gasteiger partial charge in [-0.15, -0.1) is 0 Å². The smallest absolute Gasteiger partial charge is 0.294 e. The lowest BCUT2D eigenvalue weighted by atomic mass is 10.2. The van der Waals surface area contributed by atoms with Crippen LogP contribution in [0.3, 0.4) is 0 Å². The maximum absolute atomic E-state index is 10.6. The third kappa shape index (κ3) is 1.74. The van der Waals surface area contributed by atoms with Crippen LogP contribution in [0.25, 0.3) is 11.0 Å². The lowest BCUT2D eigenvalue weighted by Gasteiger charge is -2.02. The van der Waals surface area contributed by atoms with Gasteiger partial charge in [0.2, 0.25) is 6.10 Å². The highest BCUT2D eigenvalue weighted by atomic mass is 16.5. The van der Waals surface area contributed by atoms with Crippen LogP contribution in [0.5, 0.6) is 0 Å². The Bertz CT molecular complexity index is 453. The molecule has 1 unspecified atom stereocenters. The normalized spacial score (nSPS) is 12.3. The second kappa shape index (κ2) is 3.96. The number of rotatable bonds is 4. The van der Waals surface area contributed by atoms with Crippen molar-refractivity contribution in [3.63, 3.8) is 0 Å². The number of para-hydroxylation sites is 1. The lowest BCUT2D eigenvalue weighted by Crippen LogP contribution is -2.02. The van der Waals surface area contributed by atoms with Crippen LogP contribution < -0.4 is 0 Å². The topological polar surface area (TPSA) is 56.5 Å². The van der Waals surface area contributed by atoms with Gasteiger partial charge >= 0.3 is 0 Å². The van der Waals surface area contributed by atoms with Crippen molar-refractivity contribution < 1.29 is 18.7 Å². The van der Waals surface area contributed by atoms with Gasteiger partial charge in [-0.1, -0.05) is 18.2 Å². The van der Waals surface area contributed by atoms with Gasteiger partial charge in [-0.25, -0.2) is 0 Å². The Labute approximate surface area is 85.4 Å². The summed E-state index contributed by atoms with van der Waals surface area (Å²) in [6.07, 6.45) is -0.443. The molecular weight excluding hydrogens is 196 g/mol. The number of hydrogen-bond acceptors (Lipinski definition) is 4. The summed E-state index contributed by atoms with van der Waals surface area (Å²) in [6, 6.07) is 8.99. The molecule has 0 bridgehead atoms. The zero-order valence-electron chi connectivity index (χ0n) is 7.75. The molecule has 1 aromatic carbocycles. The van der Waals surface area contributed by atoms with Crippen molar-refractivity contribution in [1.82, 2.24) is 0 Å². The largest absolute Gasteiger partial charge is 0.457 e. The molecule has 0 spiro atoms. The molecule has 0 aliphatic carbocycles. The minimum atomic E-state index is -0.963. The Morgan fingerprint density at radius 2 is 2.07 bits per heavy atom. The van der Waals surface area contributed by atoms with Crippen molar-refractivity contribution in [1.29, 1.82) is 0 Å². The molecule has 0 aliphatic rings. The van der Waals surface area contributed by atoms with Crippen molar-refractivity contribution in [2.75, 3.05) is 0 Å². The fourth-order valence-electron chi connectivity index (χ4n) is 1.37. The molecule has 15 heavy (non-hydrogen) atoms. The van der Waals surface area contributed by atoms with E-state index < -0.39 is 6.10 Å². The summed E-state index contributed by atoms with van der Waals surface area (Å²) in [5, 5.41) is 0.869. The van der Waals surface area contributed by atoms with Crippen molar-refractivity contribution in [3.8, 4) is 0 Å². The zero-order valence-corrected chi connectivity index (χ0v) is 7.75. The van der Waals surface area contributed by atoms with Crippen LogP contribution in [0.2, 0.25) is 0 Å². The van der Waals surface area contributed by atoms with Gasteiger partial charge in [0, 0.05) is 5.39 Å². The monoisotopic (exact) mass is 204 g/mol. The predicted octanol–water partition coefficient (Wildman–Crippen LogP) is 1.85. The van der Waals surface area contributed by atoms with Gasteiger partial charge in [0.15, 0.2) is 12.0 Å². The fourth-order valence-corrected chi connectivity index (χ4v) is 1.37. The Kier molecular flexibility index (Phi) is 2.49. The van der Waals surface area contributed by atoms with Gasteiger partial charge in [-0.3, -0.25) is 9.59 Å². The first kappa shape index (κ1) is 9.45. The van der Waals surface area contributed by atoms with Crippen molar-refractivity contribution >= 4 is 23.7 Å². The van der Waals surface area contributed by atoms with Gasteiger partial charge < -0.3 is 9.15 Å². The van der Waals surface area contributed by atoms with E-state index >= 15 is 0 Å². The second-order valence-electron chi connectivity index (χ2n) is 2.98. The molecule has 0 radical (unpaired) electrons. The minimum absolute atomic E-state index is 0.228. The molecular formula is C11H8O4. The molecule has 0 amide bonds. The van der Waals surface area contributed by atoms with Gasteiger partial charge in [0.05, 0.1) is 0 Å². The summed E-state index contributed by atoms with van der Waals surface area (Å²) in [5.74, 6) is 0.332.